The van der Waals surface area contributed by atoms with Crippen LogP contribution in [0.15, 0.2) is 71.5 Å². The van der Waals surface area contributed by atoms with Gasteiger partial charge in [-0.3, -0.25) is 0 Å². The molecule has 2 fully saturated rings. The first-order valence-corrected chi connectivity index (χ1v) is 10.4. The molecule has 2 aromatic heterocycles. The molecule has 0 radical (unpaired) electrons. The number of fused-ring (bicyclic) bond motifs is 3. The Balaban J connectivity index is 1.22. The summed E-state index contributed by atoms with van der Waals surface area (Å²) in [6.45, 7) is 0.845. The summed E-state index contributed by atoms with van der Waals surface area (Å²) in [7, 11) is 0. The lowest BCUT2D eigenvalue weighted by atomic mass is 9.95. The summed E-state index contributed by atoms with van der Waals surface area (Å²) in [6.07, 6.45) is 0.275. The van der Waals surface area contributed by atoms with Crippen molar-refractivity contribution < 1.29 is 19.1 Å². The number of hydrogen-bond acceptors (Lipinski definition) is 7. The third-order valence-corrected chi connectivity index (χ3v) is 6.07. The molecule has 4 heterocycles. The highest BCUT2D eigenvalue weighted by molar-refractivity contribution is 5.75. The second kappa shape index (κ2) is 7.58. The van der Waals surface area contributed by atoms with Crippen LogP contribution in [0.4, 0.5) is 0 Å². The number of aliphatic hydroxyl groups excluding tert-OH is 1. The van der Waals surface area contributed by atoms with E-state index in [-0.39, 0.29) is 12.1 Å². The first-order chi connectivity index (χ1) is 15.3. The molecule has 5 unspecified atom stereocenters. The average Bonchev–Trinajstić information content (AvgIpc) is 3.55. The number of aliphatic hydroxyl groups is 1. The van der Waals surface area contributed by atoms with Gasteiger partial charge >= 0.3 is 0 Å². The van der Waals surface area contributed by atoms with Crippen LogP contribution in [0.1, 0.15) is 11.8 Å². The smallest absolute Gasteiger partial charge is 0.181 e. The van der Waals surface area contributed by atoms with Crippen molar-refractivity contribution in [2.24, 2.45) is 0 Å². The molecule has 31 heavy (non-hydrogen) atoms. The average molecular weight is 418 g/mol. The minimum absolute atomic E-state index is 0.234. The van der Waals surface area contributed by atoms with Crippen molar-refractivity contribution in [2.75, 3.05) is 6.61 Å². The zero-order valence-corrected chi connectivity index (χ0v) is 16.7. The van der Waals surface area contributed by atoms with Crippen LogP contribution >= 0.6 is 0 Å². The number of nitrogens with one attached hydrogen (secondary N) is 1. The zero-order chi connectivity index (χ0) is 20.8. The minimum atomic E-state index is -0.722. The highest BCUT2D eigenvalue weighted by Crippen LogP contribution is 2.37. The second-order valence-corrected chi connectivity index (χ2v) is 7.95. The summed E-state index contributed by atoms with van der Waals surface area (Å²) < 4.78 is 19.4. The summed E-state index contributed by atoms with van der Waals surface area (Å²) >= 11 is 0. The molecule has 5 atom stereocenters. The lowest BCUT2D eigenvalue weighted by molar-refractivity contribution is -0.164. The molecule has 8 nitrogen and oxygen atoms in total. The molecule has 0 saturated carbocycles. The Morgan fingerprint density at radius 2 is 1.94 bits per heavy atom. The van der Waals surface area contributed by atoms with Gasteiger partial charge in [0, 0.05) is 11.6 Å². The molecule has 4 aromatic rings. The monoisotopic (exact) mass is 418 g/mol. The highest BCUT2D eigenvalue weighted by atomic mass is 16.7. The van der Waals surface area contributed by atoms with Gasteiger partial charge in [0.1, 0.15) is 17.8 Å². The number of benzene rings is 2. The number of ether oxygens (including phenoxy) is 2. The van der Waals surface area contributed by atoms with E-state index in [1.54, 1.807) is 6.33 Å². The van der Waals surface area contributed by atoms with Crippen LogP contribution in [-0.2, 0) is 16.0 Å². The number of hydrogen-bond donors (Lipinski definition) is 2. The standard InChI is InChI=1S/C23H22N4O4/c28-22-20(24-11-15-10-17(26-31-15)14-6-2-1-3-7-14)19-12-29-23(30-19)21(22)27-13-25-16-8-4-5-9-18(16)27/h1-10,13,19-24,28H,11-12H2. The lowest BCUT2D eigenvalue weighted by Gasteiger charge is -2.39. The molecule has 2 bridgehead atoms. The van der Waals surface area contributed by atoms with Crippen LogP contribution in [0, 0.1) is 0 Å². The summed E-state index contributed by atoms with van der Waals surface area (Å²) in [5, 5.41) is 18.8. The zero-order valence-electron chi connectivity index (χ0n) is 16.7. The van der Waals surface area contributed by atoms with Gasteiger partial charge in [-0.05, 0) is 12.1 Å². The molecular weight excluding hydrogens is 396 g/mol. The van der Waals surface area contributed by atoms with Crippen molar-refractivity contribution >= 4 is 11.0 Å². The maximum Gasteiger partial charge on any atom is 0.181 e. The normalized spacial score (nSPS) is 27.7. The predicted octanol–water partition coefficient (Wildman–Crippen LogP) is 2.51. The number of imidazole rings is 1. The van der Waals surface area contributed by atoms with Crippen molar-refractivity contribution in [1.82, 2.24) is 20.0 Å². The van der Waals surface area contributed by atoms with Crippen molar-refractivity contribution in [2.45, 2.75) is 37.1 Å². The Morgan fingerprint density at radius 3 is 2.84 bits per heavy atom. The maximum atomic E-state index is 11.3. The van der Waals surface area contributed by atoms with Gasteiger partial charge in [-0.1, -0.05) is 47.6 Å². The van der Waals surface area contributed by atoms with Crippen molar-refractivity contribution in [3.05, 3.63) is 72.8 Å². The summed E-state index contributed by atoms with van der Waals surface area (Å²) in [6, 6.07) is 18.9. The van der Waals surface area contributed by atoms with Gasteiger partial charge in [0.15, 0.2) is 12.1 Å². The van der Waals surface area contributed by atoms with E-state index >= 15 is 0 Å². The van der Waals surface area contributed by atoms with Crippen LogP contribution < -0.4 is 5.32 Å². The van der Waals surface area contributed by atoms with Gasteiger partial charge < -0.3 is 29.0 Å². The molecule has 2 saturated heterocycles. The maximum absolute atomic E-state index is 11.3. The molecule has 2 aliphatic rings. The number of aromatic nitrogens is 3. The van der Waals surface area contributed by atoms with Crippen molar-refractivity contribution in [1.29, 1.82) is 0 Å². The first-order valence-electron chi connectivity index (χ1n) is 10.4. The summed E-state index contributed by atoms with van der Waals surface area (Å²) in [5.41, 5.74) is 3.59. The third-order valence-electron chi connectivity index (χ3n) is 6.07. The summed E-state index contributed by atoms with van der Waals surface area (Å²) in [5.74, 6) is 0.691. The van der Waals surface area contributed by atoms with Crippen LogP contribution in [-0.4, -0.2) is 51.0 Å². The van der Waals surface area contributed by atoms with Gasteiger partial charge in [0.25, 0.3) is 0 Å². The molecule has 2 N–H and O–H groups in total. The minimum Gasteiger partial charge on any atom is -0.389 e. The first kappa shape index (κ1) is 18.7. The molecule has 2 aromatic carbocycles. The Labute approximate surface area is 178 Å². The van der Waals surface area contributed by atoms with Crippen LogP contribution in [0.25, 0.3) is 22.3 Å². The SMILES string of the molecule is OC1C(NCc2cc(-c3ccccc3)no2)C2COC(O2)C1n1cnc2ccccc21. The highest BCUT2D eigenvalue weighted by Gasteiger charge is 2.51. The van der Waals surface area contributed by atoms with E-state index < -0.39 is 18.4 Å². The van der Waals surface area contributed by atoms with E-state index in [2.05, 4.69) is 15.5 Å². The summed E-state index contributed by atoms with van der Waals surface area (Å²) in [4.78, 5) is 4.46. The fourth-order valence-electron chi connectivity index (χ4n) is 4.52. The number of nitrogens with zero attached hydrogens (tertiary/aromatic N) is 3. The second-order valence-electron chi connectivity index (χ2n) is 7.95. The molecule has 0 spiro atoms. The van der Waals surface area contributed by atoms with E-state index in [0.29, 0.717) is 18.9 Å². The van der Waals surface area contributed by atoms with E-state index in [9.17, 15) is 5.11 Å². The Bertz CT molecular complexity index is 1190. The largest absolute Gasteiger partial charge is 0.389 e. The Morgan fingerprint density at radius 1 is 1.10 bits per heavy atom. The fraction of sp³-hybridized carbons (Fsp3) is 0.304. The van der Waals surface area contributed by atoms with Gasteiger partial charge in [-0.15, -0.1) is 0 Å². The quantitative estimate of drug-likeness (QED) is 0.514. The van der Waals surface area contributed by atoms with E-state index in [1.165, 1.54) is 0 Å². The molecule has 8 heteroatoms. The van der Waals surface area contributed by atoms with Crippen LogP contribution in [0.3, 0.4) is 0 Å². The number of rotatable bonds is 5. The van der Waals surface area contributed by atoms with Gasteiger partial charge in [-0.25, -0.2) is 4.98 Å². The predicted molar refractivity (Wildman–Crippen MR) is 112 cm³/mol. The van der Waals surface area contributed by atoms with E-state index in [4.69, 9.17) is 14.0 Å². The third kappa shape index (κ3) is 3.24. The lowest BCUT2D eigenvalue weighted by Crippen LogP contribution is -2.57. The van der Waals surface area contributed by atoms with Crippen molar-refractivity contribution in [3.63, 3.8) is 0 Å². The fourth-order valence-corrected chi connectivity index (χ4v) is 4.52. The van der Waals surface area contributed by atoms with Gasteiger partial charge in [-0.2, -0.15) is 0 Å². The van der Waals surface area contributed by atoms with E-state index in [1.807, 2.05) is 65.2 Å². The van der Waals surface area contributed by atoms with Gasteiger partial charge in [0.2, 0.25) is 0 Å². The van der Waals surface area contributed by atoms with Crippen LogP contribution in [0.2, 0.25) is 0 Å². The Hall–Kier alpha value is -3.04. The molecule has 6 rings (SSSR count). The molecule has 2 aliphatic heterocycles. The van der Waals surface area contributed by atoms with Crippen molar-refractivity contribution in [3.8, 4) is 11.3 Å². The molecule has 0 amide bonds. The van der Waals surface area contributed by atoms with E-state index in [0.717, 1.165) is 22.3 Å². The topological polar surface area (TPSA) is 94.6 Å². The Kier molecular flexibility index (Phi) is 4.57. The van der Waals surface area contributed by atoms with Gasteiger partial charge in [0.05, 0.1) is 42.7 Å². The number of para-hydroxylation sites is 2. The molecular formula is C23H22N4O4. The molecule has 158 valence electrons. The van der Waals surface area contributed by atoms with Crippen LogP contribution in [0.5, 0.6) is 0 Å². The molecule has 0 aliphatic carbocycles.